The van der Waals surface area contributed by atoms with Crippen molar-refractivity contribution in [3.8, 4) is 0 Å². The second-order valence-corrected chi connectivity index (χ2v) is 2.63. The Morgan fingerprint density at radius 1 is 1.53 bits per heavy atom. The Morgan fingerprint density at radius 2 is 2.40 bits per heavy atom. The molecular formula is C10H14N4O. The molecule has 1 N–H and O–H groups in total. The molecule has 0 unspecified atom stereocenters. The Kier molecular flexibility index (Phi) is 4.86. The van der Waals surface area contributed by atoms with Gasteiger partial charge in [0, 0.05) is 24.9 Å². The van der Waals surface area contributed by atoms with E-state index in [1.807, 2.05) is 13.0 Å². The van der Waals surface area contributed by atoms with Crippen LogP contribution in [0.1, 0.15) is 19.5 Å². The Morgan fingerprint density at radius 3 is 3.13 bits per heavy atom. The lowest BCUT2D eigenvalue weighted by Gasteiger charge is -2.00. The Labute approximate surface area is 88.9 Å². The summed E-state index contributed by atoms with van der Waals surface area (Å²) in [6.45, 7) is 4.62. The number of nitrogens with one attached hydrogen (secondary N) is 1. The van der Waals surface area contributed by atoms with Crippen molar-refractivity contribution in [2.75, 3.05) is 11.9 Å². The molecule has 1 heterocycles. The van der Waals surface area contributed by atoms with Gasteiger partial charge in [0.15, 0.2) is 0 Å². The number of aromatic nitrogens is 2. The molecule has 15 heavy (non-hydrogen) atoms. The zero-order valence-electron chi connectivity index (χ0n) is 8.84. The van der Waals surface area contributed by atoms with Crippen LogP contribution in [0.25, 0.3) is 6.08 Å². The van der Waals surface area contributed by atoms with E-state index >= 15 is 0 Å². The van der Waals surface area contributed by atoms with Crippen molar-refractivity contribution in [3.63, 3.8) is 0 Å². The van der Waals surface area contributed by atoms with Gasteiger partial charge in [-0.2, -0.15) is 0 Å². The van der Waals surface area contributed by atoms with Crippen LogP contribution in [0.4, 0.5) is 5.82 Å². The molecule has 0 spiro atoms. The molecule has 0 saturated carbocycles. The van der Waals surface area contributed by atoms with Crippen molar-refractivity contribution in [1.29, 1.82) is 0 Å². The fourth-order valence-corrected chi connectivity index (χ4v) is 0.937. The summed E-state index contributed by atoms with van der Waals surface area (Å²) in [6, 6.07) is 1.83. The minimum Gasteiger partial charge on any atom is -0.370 e. The standard InChI is InChI=1S/C10H14N4O/c1-3-11-10-7-9(12-8-13-10)5-6-15-14-4-2/h4-8H,3H2,1-2H3,(H,11,12,13)/b6-5+,14-4+. The Hall–Kier alpha value is -1.91. The van der Waals surface area contributed by atoms with Gasteiger partial charge in [-0.3, -0.25) is 0 Å². The van der Waals surface area contributed by atoms with Crippen molar-refractivity contribution in [1.82, 2.24) is 9.97 Å². The van der Waals surface area contributed by atoms with Gasteiger partial charge in [0.2, 0.25) is 0 Å². The van der Waals surface area contributed by atoms with Crippen molar-refractivity contribution >= 4 is 18.1 Å². The fraction of sp³-hybridized carbons (Fsp3) is 0.300. The lowest BCUT2D eigenvalue weighted by molar-refractivity contribution is 0.273. The number of hydrogen-bond donors (Lipinski definition) is 1. The van der Waals surface area contributed by atoms with Crippen LogP contribution in [0.2, 0.25) is 0 Å². The largest absolute Gasteiger partial charge is 0.370 e. The molecule has 1 aromatic rings. The maximum absolute atomic E-state index is 4.79. The van der Waals surface area contributed by atoms with Crippen LogP contribution < -0.4 is 5.32 Å². The Bertz CT molecular complexity index is 349. The van der Waals surface area contributed by atoms with Crippen molar-refractivity contribution in [3.05, 3.63) is 24.3 Å². The molecule has 0 aliphatic heterocycles. The molecule has 0 amide bonds. The van der Waals surface area contributed by atoms with Gasteiger partial charge in [-0.15, -0.1) is 0 Å². The SMILES string of the molecule is C/C=N/O/C=C/c1cc(NCC)ncn1. The predicted octanol–water partition coefficient (Wildman–Crippen LogP) is 1.90. The van der Waals surface area contributed by atoms with E-state index in [1.165, 1.54) is 12.6 Å². The van der Waals surface area contributed by atoms with Crippen LogP contribution >= 0.6 is 0 Å². The Balaban J connectivity index is 2.60. The van der Waals surface area contributed by atoms with E-state index < -0.39 is 0 Å². The smallest absolute Gasteiger partial charge is 0.129 e. The van der Waals surface area contributed by atoms with E-state index in [0.29, 0.717) is 0 Å². The molecule has 0 fully saturated rings. The second kappa shape index (κ2) is 6.53. The molecule has 0 aliphatic rings. The first-order chi connectivity index (χ1) is 7.36. The molecule has 0 aliphatic carbocycles. The molecule has 5 nitrogen and oxygen atoms in total. The van der Waals surface area contributed by atoms with Gasteiger partial charge in [0.05, 0.1) is 5.69 Å². The first-order valence-corrected chi connectivity index (χ1v) is 4.73. The summed E-state index contributed by atoms with van der Waals surface area (Å²) >= 11 is 0. The highest BCUT2D eigenvalue weighted by Crippen LogP contribution is 2.04. The number of anilines is 1. The maximum Gasteiger partial charge on any atom is 0.129 e. The van der Waals surface area contributed by atoms with Gasteiger partial charge in [-0.05, 0) is 13.8 Å². The third kappa shape index (κ3) is 4.21. The predicted molar refractivity (Wildman–Crippen MR) is 60.5 cm³/mol. The number of oxime groups is 1. The average molecular weight is 206 g/mol. The van der Waals surface area contributed by atoms with Crippen molar-refractivity contribution in [2.24, 2.45) is 5.16 Å². The van der Waals surface area contributed by atoms with E-state index in [1.54, 1.807) is 19.2 Å². The van der Waals surface area contributed by atoms with Crippen LogP contribution in [-0.4, -0.2) is 22.7 Å². The molecule has 5 heteroatoms. The van der Waals surface area contributed by atoms with Gasteiger partial charge >= 0.3 is 0 Å². The number of hydrogen-bond acceptors (Lipinski definition) is 5. The van der Waals surface area contributed by atoms with Gasteiger partial charge in [-0.1, -0.05) is 5.16 Å². The molecule has 0 radical (unpaired) electrons. The topological polar surface area (TPSA) is 59.4 Å². The van der Waals surface area contributed by atoms with Gasteiger partial charge in [0.1, 0.15) is 18.4 Å². The normalized spacial score (nSPS) is 11.1. The van der Waals surface area contributed by atoms with Crippen molar-refractivity contribution < 1.29 is 4.84 Å². The van der Waals surface area contributed by atoms with Gasteiger partial charge < -0.3 is 10.2 Å². The van der Waals surface area contributed by atoms with Crippen LogP contribution in [0.15, 0.2) is 23.8 Å². The van der Waals surface area contributed by atoms with Crippen LogP contribution in [0, 0.1) is 0 Å². The summed E-state index contributed by atoms with van der Waals surface area (Å²) < 4.78 is 0. The van der Waals surface area contributed by atoms with E-state index in [-0.39, 0.29) is 0 Å². The molecule has 1 aromatic heterocycles. The minimum absolute atomic E-state index is 0.771. The van der Waals surface area contributed by atoms with Gasteiger partial charge in [0.25, 0.3) is 0 Å². The van der Waals surface area contributed by atoms with Crippen LogP contribution in [0.3, 0.4) is 0 Å². The van der Waals surface area contributed by atoms with E-state index in [2.05, 4.69) is 20.4 Å². The lowest BCUT2D eigenvalue weighted by Crippen LogP contribution is -1.99. The first-order valence-electron chi connectivity index (χ1n) is 4.73. The van der Waals surface area contributed by atoms with E-state index in [4.69, 9.17) is 4.84 Å². The molecule has 0 atom stereocenters. The summed E-state index contributed by atoms with van der Waals surface area (Å²) in [6.07, 6.45) is 6.25. The third-order valence-electron chi connectivity index (χ3n) is 1.51. The lowest BCUT2D eigenvalue weighted by atomic mass is 10.4. The average Bonchev–Trinajstić information content (AvgIpc) is 2.26. The molecule has 1 rings (SSSR count). The zero-order valence-corrected chi connectivity index (χ0v) is 8.84. The summed E-state index contributed by atoms with van der Waals surface area (Å²) in [5.74, 6) is 0.797. The molecular weight excluding hydrogens is 192 g/mol. The highest BCUT2D eigenvalue weighted by atomic mass is 16.6. The first kappa shape index (κ1) is 11.2. The number of rotatable bonds is 5. The van der Waals surface area contributed by atoms with Crippen molar-refractivity contribution in [2.45, 2.75) is 13.8 Å². The summed E-state index contributed by atoms with van der Waals surface area (Å²) in [7, 11) is 0. The summed E-state index contributed by atoms with van der Waals surface area (Å²) in [4.78, 5) is 12.9. The van der Waals surface area contributed by atoms with Crippen LogP contribution in [0.5, 0.6) is 0 Å². The monoisotopic (exact) mass is 206 g/mol. The number of nitrogens with zero attached hydrogens (tertiary/aromatic N) is 3. The molecule has 0 bridgehead atoms. The van der Waals surface area contributed by atoms with E-state index in [9.17, 15) is 0 Å². The third-order valence-corrected chi connectivity index (χ3v) is 1.51. The summed E-state index contributed by atoms with van der Waals surface area (Å²) in [5, 5.41) is 6.67. The fourth-order valence-electron chi connectivity index (χ4n) is 0.937. The minimum atomic E-state index is 0.771. The second-order valence-electron chi connectivity index (χ2n) is 2.63. The molecule has 80 valence electrons. The highest BCUT2D eigenvalue weighted by molar-refractivity contribution is 5.52. The maximum atomic E-state index is 4.79. The molecule has 0 aromatic carbocycles. The van der Waals surface area contributed by atoms with Crippen LogP contribution in [-0.2, 0) is 4.84 Å². The quantitative estimate of drug-likeness (QED) is 0.454. The van der Waals surface area contributed by atoms with Gasteiger partial charge in [-0.25, -0.2) is 9.97 Å². The summed E-state index contributed by atoms with van der Waals surface area (Å²) in [5.41, 5.74) is 0.771. The van der Waals surface area contributed by atoms with E-state index in [0.717, 1.165) is 18.1 Å². The molecule has 0 saturated heterocycles. The zero-order chi connectivity index (χ0) is 10.9. The highest BCUT2D eigenvalue weighted by Gasteiger charge is 1.93.